The Morgan fingerprint density at radius 1 is 1.15 bits per heavy atom. The van der Waals surface area contributed by atoms with Gasteiger partial charge in [0.25, 0.3) is 0 Å². The minimum atomic E-state index is -0.998. The van der Waals surface area contributed by atoms with Crippen molar-refractivity contribution in [3.8, 4) is 12.3 Å². The summed E-state index contributed by atoms with van der Waals surface area (Å²) in [6.45, 7) is 12.8. The number of carbonyl (C=O) groups is 3. The van der Waals surface area contributed by atoms with Gasteiger partial charge in [0, 0.05) is 23.4 Å². The molecule has 1 aromatic rings. The molecule has 0 aliphatic rings. The van der Waals surface area contributed by atoms with E-state index in [1.807, 2.05) is 27.7 Å². The summed E-state index contributed by atoms with van der Waals surface area (Å²) in [7, 11) is 0. The third kappa shape index (κ3) is 8.60. The molecule has 7 nitrogen and oxygen atoms in total. The smallest absolute Gasteiger partial charge is 0.408 e. The average Bonchev–Trinajstić information content (AvgIpc) is 2.73. The van der Waals surface area contributed by atoms with Gasteiger partial charge in [-0.1, -0.05) is 37.5 Å². The van der Waals surface area contributed by atoms with Gasteiger partial charge in [-0.05, 0) is 59.6 Å². The number of amides is 3. The van der Waals surface area contributed by atoms with E-state index in [1.165, 1.54) is 4.90 Å². The Kier molecular flexibility index (Phi) is 11.5. The van der Waals surface area contributed by atoms with Gasteiger partial charge in [-0.25, -0.2) is 4.79 Å². The molecule has 0 aliphatic heterocycles. The molecular formula is C26H39N3O4S. The van der Waals surface area contributed by atoms with Gasteiger partial charge >= 0.3 is 6.09 Å². The van der Waals surface area contributed by atoms with Crippen LogP contribution in [0.4, 0.5) is 4.79 Å². The maximum absolute atomic E-state index is 13.7. The lowest BCUT2D eigenvalue weighted by Crippen LogP contribution is -2.56. The maximum Gasteiger partial charge on any atom is 0.408 e. The van der Waals surface area contributed by atoms with Crippen molar-refractivity contribution in [3.63, 3.8) is 0 Å². The fourth-order valence-corrected chi connectivity index (χ4v) is 3.85. The quantitative estimate of drug-likeness (QED) is 0.341. The first-order valence-corrected chi connectivity index (χ1v) is 12.3. The van der Waals surface area contributed by atoms with Crippen LogP contribution < -0.4 is 10.6 Å². The van der Waals surface area contributed by atoms with Crippen LogP contribution in [-0.2, 0) is 14.3 Å². The highest BCUT2D eigenvalue weighted by atomic mass is 32.1. The molecule has 3 amide bonds. The molecule has 1 rings (SSSR count). The van der Waals surface area contributed by atoms with E-state index in [-0.39, 0.29) is 23.7 Å². The van der Waals surface area contributed by atoms with Gasteiger partial charge in [-0.15, -0.1) is 6.42 Å². The second-order valence-corrected chi connectivity index (χ2v) is 9.92. The summed E-state index contributed by atoms with van der Waals surface area (Å²) in [5.41, 5.74) is 0.338. The fourth-order valence-electron chi connectivity index (χ4n) is 3.61. The van der Waals surface area contributed by atoms with E-state index in [1.54, 1.807) is 45.0 Å². The van der Waals surface area contributed by atoms with Crippen molar-refractivity contribution in [1.29, 1.82) is 0 Å². The van der Waals surface area contributed by atoms with Gasteiger partial charge in [0.05, 0.1) is 0 Å². The van der Waals surface area contributed by atoms with Crippen LogP contribution in [-0.4, -0.2) is 52.3 Å². The van der Waals surface area contributed by atoms with Gasteiger partial charge in [-0.3, -0.25) is 9.59 Å². The predicted octanol–water partition coefficient (Wildman–Crippen LogP) is 4.07. The monoisotopic (exact) mass is 489 g/mol. The standard InChI is InChI=1S/C26H39N3O4S/c1-9-13-18(5)27-23(30)22(20-15-12-11-14-19(20)10-2)29(17(3)4)24(31)21(16-34)28-25(32)33-26(6,7)8/h2,11-12,14-15,17-18,21-22,34H,9,13,16H2,1,3-8H3,(H,27,30)(H,28,32). The summed E-state index contributed by atoms with van der Waals surface area (Å²) in [5.74, 6) is 1.86. The Bertz CT molecular complexity index is 889. The normalized spacial score (nSPS) is 13.9. The Labute approximate surface area is 209 Å². The summed E-state index contributed by atoms with van der Waals surface area (Å²) in [6.07, 6.45) is 6.70. The number of hydrogen-bond acceptors (Lipinski definition) is 5. The molecule has 0 saturated heterocycles. The number of rotatable bonds is 10. The number of hydrogen-bond donors (Lipinski definition) is 3. The molecule has 3 atom stereocenters. The van der Waals surface area contributed by atoms with E-state index >= 15 is 0 Å². The van der Waals surface area contributed by atoms with E-state index in [0.29, 0.717) is 11.1 Å². The number of carbonyl (C=O) groups excluding carboxylic acids is 3. The van der Waals surface area contributed by atoms with Crippen molar-refractivity contribution >= 4 is 30.5 Å². The molecule has 2 N–H and O–H groups in total. The molecular weight excluding hydrogens is 450 g/mol. The summed E-state index contributed by atoms with van der Waals surface area (Å²) in [5, 5.41) is 5.61. The molecule has 34 heavy (non-hydrogen) atoms. The van der Waals surface area contributed by atoms with Crippen molar-refractivity contribution in [2.45, 2.75) is 91.1 Å². The Hall–Kier alpha value is -2.66. The van der Waals surface area contributed by atoms with E-state index in [0.717, 1.165) is 12.8 Å². The molecule has 0 heterocycles. The van der Waals surface area contributed by atoms with Crippen LogP contribution >= 0.6 is 12.6 Å². The molecule has 0 fully saturated rings. The first-order valence-electron chi connectivity index (χ1n) is 11.6. The summed E-state index contributed by atoms with van der Waals surface area (Å²) < 4.78 is 5.31. The third-order valence-corrected chi connectivity index (χ3v) is 5.40. The second-order valence-electron chi connectivity index (χ2n) is 9.55. The third-order valence-electron chi connectivity index (χ3n) is 5.03. The second kappa shape index (κ2) is 13.3. The zero-order valence-electron chi connectivity index (χ0n) is 21.3. The van der Waals surface area contributed by atoms with Crippen LogP contribution in [0.15, 0.2) is 24.3 Å². The lowest BCUT2D eigenvalue weighted by Gasteiger charge is -2.37. The highest BCUT2D eigenvalue weighted by Crippen LogP contribution is 2.28. The highest BCUT2D eigenvalue weighted by molar-refractivity contribution is 7.80. The first kappa shape index (κ1) is 29.4. The predicted molar refractivity (Wildman–Crippen MR) is 139 cm³/mol. The Morgan fingerprint density at radius 3 is 2.26 bits per heavy atom. The molecule has 0 saturated carbocycles. The van der Waals surface area contributed by atoms with Gasteiger partial charge in [-0.2, -0.15) is 12.6 Å². The van der Waals surface area contributed by atoms with Crippen molar-refractivity contribution < 1.29 is 19.1 Å². The lowest BCUT2D eigenvalue weighted by molar-refractivity contribution is -0.144. The Balaban J connectivity index is 3.45. The molecule has 0 spiro atoms. The lowest BCUT2D eigenvalue weighted by atomic mass is 9.96. The molecule has 0 aliphatic carbocycles. The Morgan fingerprint density at radius 2 is 1.76 bits per heavy atom. The SMILES string of the molecule is C#Cc1ccccc1C(C(=O)NC(C)CCC)N(C(=O)C(CS)NC(=O)OC(C)(C)C)C(C)C. The van der Waals surface area contributed by atoms with Crippen LogP contribution in [0, 0.1) is 12.3 Å². The topological polar surface area (TPSA) is 87.7 Å². The molecule has 0 aromatic heterocycles. The largest absolute Gasteiger partial charge is 0.444 e. The fraction of sp³-hybridized carbons (Fsp3) is 0.577. The van der Waals surface area contributed by atoms with Crippen LogP contribution in [0.3, 0.4) is 0 Å². The molecule has 0 bridgehead atoms. The zero-order valence-corrected chi connectivity index (χ0v) is 22.2. The van der Waals surface area contributed by atoms with Gasteiger partial charge < -0.3 is 20.3 Å². The summed E-state index contributed by atoms with van der Waals surface area (Å²) in [6, 6.07) is 4.62. The maximum atomic E-state index is 13.7. The van der Waals surface area contributed by atoms with E-state index in [2.05, 4.69) is 29.2 Å². The molecule has 3 unspecified atom stereocenters. The van der Waals surface area contributed by atoms with Crippen molar-refractivity contribution in [3.05, 3.63) is 35.4 Å². The number of ether oxygens (including phenoxy) is 1. The average molecular weight is 490 g/mol. The number of thiol groups is 1. The number of nitrogens with zero attached hydrogens (tertiary/aromatic N) is 1. The first-order chi connectivity index (χ1) is 15.9. The highest BCUT2D eigenvalue weighted by Gasteiger charge is 2.38. The summed E-state index contributed by atoms with van der Waals surface area (Å²) in [4.78, 5) is 41.1. The number of benzene rings is 1. The van der Waals surface area contributed by atoms with E-state index in [9.17, 15) is 14.4 Å². The van der Waals surface area contributed by atoms with E-state index < -0.39 is 29.7 Å². The van der Waals surface area contributed by atoms with Crippen LogP contribution in [0.25, 0.3) is 0 Å². The number of alkyl carbamates (subject to hydrolysis) is 1. The van der Waals surface area contributed by atoms with E-state index in [4.69, 9.17) is 11.2 Å². The summed E-state index contributed by atoms with van der Waals surface area (Å²) >= 11 is 4.28. The van der Waals surface area contributed by atoms with Gasteiger partial charge in [0.2, 0.25) is 11.8 Å². The van der Waals surface area contributed by atoms with Gasteiger partial charge in [0.15, 0.2) is 0 Å². The minimum Gasteiger partial charge on any atom is -0.444 e. The number of terminal acetylenes is 1. The van der Waals surface area contributed by atoms with Crippen LogP contribution in [0.5, 0.6) is 0 Å². The minimum absolute atomic E-state index is 0.0264. The molecule has 188 valence electrons. The van der Waals surface area contributed by atoms with Crippen LogP contribution in [0.1, 0.15) is 78.5 Å². The molecule has 1 aromatic carbocycles. The van der Waals surface area contributed by atoms with Crippen LogP contribution in [0.2, 0.25) is 0 Å². The number of nitrogens with one attached hydrogen (secondary N) is 2. The van der Waals surface area contributed by atoms with Crippen molar-refractivity contribution in [2.24, 2.45) is 0 Å². The van der Waals surface area contributed by atoms with Crippen molar-refractivity contribution in [2.75, 3.05) is 5.75 Å². The zero-order chi connectivity index (χ0) is 26.1. The molecule has 8 heteroatoms. The molecule has 0 radical (unpaired) electrons. The van der Waals surface area contributed by atoms with Crippen molar-refractivity contribution in [1.82, 2.24) is 15.5 Å². The van der Waals surface area contributed by atoms with Gasteiger partial charge in [0.1, 0.15) is 17.7 Å².